The van der Waals surface area contributed by atoms with Gasteiger partial charge in [-0.2, -0.15) is 0 Å². The number of hydrogen-bond donors (Lipinski definition) is 1. The van der Waals surface area contributed by atoms with Gasteiger partial charge in [-0.25, -0.2) is 0 Å². The molecule has 106 valence electrons. The molecule has 0 aliphatic carbocycles. The third kappa shape index (κ3) is 3.41. The van der Waals surface area contributed by atoms with Crippen molar-refractivity contribution in [1.82, 2.24) is 5.32 Å². The monoisotopic (exact) mass is 332 g/mol. The van der Waals surface area contributed by atoms with Gasteiger partial charge >= 0.3 is 0 Å². The number of rotatable bonds is 5. The van der Waals surface area contributed by atoms with Crippen LogP contribution in [0.4, 0.5) is 11.4 Å². The van der Waals surface area contributed by atoms with Crippen molar-refractivity contribution in [2.24, 2.45) is 0 Å². The molecule has 2 nitrogen and oxygen atoms in total. The molecule has 3 heteroatoms. The zero-order valence-corrected chi connectivity index (χ0v) is 13.9. The van der Waals surface area contributed by atoms with Gasteiger partial charge in [0.25, 0.3) is 0 Å². The molecular formula is C17H21BrN2. The molecule has 0 atom stereocenters. The van der Waals surface area contributed by atoms with Crippen molar-refractivity contribution in [2.75, 3.05) is 18.5 Å². The van der Waals surface area contributed by atoms with Crippen molar-refractivity contribution in [3.05, 3.63) is 58.1 Å². The number of nitrogens with one attached hydrogen (secondary N) is 1. The lowest BCUT2D eigenvalue weighted by atomic mass is 10.1. The van der Waals surface area contributed by atoms with Crippen LogP contribution in [0.1, 0.15) is 18.1 Å². The standard InChI is InChI=1S/C17H21BrN2/c1-4-20(16-7-5-6-13(2)10-16)17-9-8-15(18)11-14(17)12-19-3/h5-11,19H,4,12H2,1-3H3. The maximum atomic E-state index is 3.56. The van der Waals surface area contributed by atoms with Crippen molar-refractivity contribution < 1.29 is 0 Å². The third-order valence-electron chi connectivity index (χ3n) is 3.33. The number of aryl methyl sites for hydroxylation is 1. The molecule has 0 saturated heterocycles. The van der Waals surface area contributed by atoms with Crippen molar-refractivity contribution in [3.8, 4) is 0 Å². The van der Waals surface area contributed by atoms with Crippen LogP contribution < -0.4 is 10.2 Å². The van der Waals surface area contributed by atoms with E-state index in [-0.39, 0.29) is 0 Å². The van der Waals surface area contributed by atoms with Gasteiger partial charge in [-0.15, -0.1) is 0 Å². The Morgan fingerprint density at radius 3 is 2.60 bits per heavy atom. The second-order valence-electron chi connectivity index (χ2n) is 4.89. The van der Waals surface area contributed by atoms with E-state index in [2.05, 4.69) is 82.5 Å². The summed E-state index contributed by atoms with van der Waals surface area (Å²) in [6.45, 7) is 6.12. The first-order valence-corrected chi connectivity index (χ1v) is 7.72. The lowest BCUT2D eigenvalue weighted by Crippen LogP contribution is -2.19. The molecule has 0 radical (unpaired) electrons. The summed E-state index contributed by atoms with van der Waals surface area (Å²) >= 11 is 3.56. The van der Waals surface area contributed by atoms with Gasteiger partial charge in [0, 0.05) is 28.9 Å². The summed E-state index contributed by atoms with van der Waals surface area (Å²) in [6.07, 6.45) is 0. The van der Waals surface area contributed by atoms with Gasteiger partial charge in [0.2, 0.25) is 0 Å². The van der Waals surface area contributed by atoms with Crippen LogP contribution >= 0.6 is 15.9 Å². The van der Waals surface area contributed by atoms with Crippen molar-refractivity contribution >= 4 is 27.3 Å². The predicted octanol–water partition coefficient (Wildman–Crippen LogP) is 4.63. The maximum Gasteiger partial charge on any atom is 0.0457 e. The van der Waals surface area contributed by atoms with E-state index in [4.69, 9.17) is 0 Å². The number of nitrogens with zero attached hydrogens (tertiary/aromatic N) is 1. The van der Waals surface area contributed by atoms with Crippen molar-refractivity contribution in [1.29, 1.82) is 0 Å². The van der Waals surface area contributed by atoms with Crippen LogP contribution in [0.5, 0.6) is 0 Å². The first-order chi connectivity index (χ1) is 9.65. The molecule has 0 bridgehead atoms. The summed E-state index contributed by atoms with van der Waals surface area (Å²) < 4.78 is 1.12. The van der Waals surface area contributed by atoms with Gasteiger partial charge in [0.15, 0.2) is 0 Å². The number of anilines is 2. The van der Waals surface area contributed by atoms with Crippen LogP contribution in [-0.4, -0.2) is 13.6 Å². The Kier molecular flexibility index (Phi) is 5.21. The molecule has 0 saturated carbocycles. The Morgan fingerprint density at radius 1 is 1.15 bits per heavy atom. The summed E-state index contributed by atoms with van der Waals surface area (Å²) in [5.41, 5.74) is 5.08. The van der Waals surface area contributed by atoms with Gasteiger partial charge in [-0.3, -0.25) is 0 Å². The van der Waals surface area contributed by atoms with Gasteiger partial charge in [0.05, 0.1) is 0 Å². The van der Waals surface area contributed by atoms with E-state index in [9.17, 15) is 0 Å². The summed E-state index contributed by atoms with van der Waals surface area (Å²) in [7, 11) is 1.98. The SMILES string of the molecule is CCN(c1cccc(C)c1)c1ccc(Br)cc1CNC. The van der Waals surface area contributed by atoms with Crippen LogP contribution in [0.15, 0.2) is 46.9 Å². The minimum absolute atomic E-state index is 0.858. The quantitative estimate of drug-likeness (QED) is 0.858. The number of halogens is 1. The highest BCUT2D eigenvalue weighted by molar-refractivity contribution is 9.10. The Hall–Kier alpha value is -1.32. The van der Waals surface area contributed by atoms with E-state index in [0.717, 1.165) is 17.6 Å². The zero-order chi connectivity index (χ0) is 14.5. The highest BCUT2D eigenvalue weighted by Gasteiger charge is 2.12. The first-order valence-electron chi connectivity index (χ1n) is 6.93. The fourth-order valence-corrected chi connectivity index (χ4v) is 2.85. The molecule has 0 aliphatic heterocycles. The third-order valence-corrected chi connectivity index (χ3v) is 3.82. The lowest BCUT2D eigenvalue weighted by molar-refractivity contribution is 0.812. The van der Waals surface area contributed by atoms with Crippen LogP contribution in [0, 0.1) is 6.92 Å². The predicted molar refractivity (Wildman–Crippen MR) is 90.8 cm³/mol. The molecule has 20 heavy (non-hydrogen) atoms. The molecule has 0 amide bonds. The lowest BCUT2D eigenvalue weighted by Gasteiger charge is -2.26. The molecule has 2 aromatic carbocycles. The Bertz CT molecular complexity index is 581. The smallest absolute Gasteiger partial charge is 0.0457 e. The summed E-state index contributed by atoms with van der Waals surface area (Å²) in [6, 6.07) is 15.1. The Labute approximate surface area is 129 Å². The second-order valence-corrected chi connectivity index (χ2v) is 5.80. The Balaban J connectivity index is 2.46. The highest BCUT2D eigenvalue weighted by Crippen LogP contribution is 2.31. The van der Waals surface area contributed by atoms with E-state index in [1.807, 2.05) is 7.05 Å². The molecule has 1 N–H and O–H groups in total. The first kappa shape index (κ1) is 15.1. The molecule has 0 spiro atoms. The van der Waals surface area contributed by atoms with Crippen LogP contribution in [0.25, 0.3) is 0 Å². The van der Waals surface area contributed by atoms with Gasteiger partial charge in [-0.1, -0.05) is 28.1 Å². The molecule has 0 aliphatic rings. The van der Waals surface area contributed by atoms with Crippen molar-refractivity contribution in [2.45, 2.75) is 20.4 Å². The van der Waals surface area contributed by atoms with Crippen LogP contribution in [0.3, 0.4) is 0 Å². The fraction of sp³-hybridized carbons (Fsp3) is 0.294. The molecular weight excluding hydrogens is 312 g/mol. The minimum Gasteiger partial charge on any atom is -0.341 e. The summed E-state index contributed by atoms with van der Waals surface area (Å²) in [4.78, 5) is 2.35. The second kappa shape index (κ2) is 6.91. The van der Waals surface area contributed by atoms with E-state index in [1.165, 1.54) is 22.5 Å². The topological polar surface area (TPSA) is 15.3 Å². The fourth-order valence-electron chi connectivity index (χ4n) is 2.44. The average Bonchev–Trinajstić information content (AvgIpc) is 2.42. The molecule has 0 unspecified atom stereocenters. The molecule has 0 fully saturated rings. The molecule has 0 aromatic heterocycles. The zero-order valence-electron chi connectivity index (χ0n) is 12.3. The van der Waals surface area contributed by atoms with E-state index in [1.54, 1.807) is 0 Å². The van der Waals surface area contributed by atoms with Crippen molar-refractivity contribution in [3.63, 3.8) is 0 Å². The van der Waals surface area contributed by atoms with E-state index < -0.39 is 0 Å². The molecule has 0 heterocycles. The van der Waals surface area contributed by atoms with Gasteiger partial charge in [0.1, 0.15) is 0 Å². The average molecular weight is 333 g/mol. The molecule has 2 aromatic rings. The number of benzene rings is 2. The van der Waals surface area contributed by atoms with Crippen LogP contribution in [0.2, 0.25) is 0 Å². The summed E-state index contributed by atoms with van der Waals surface area (Å²) in [5.74, 6) is 0. The van der Waals surface area contributed by atoms with Gasteiger partial charge in [-0.05, 0) is 62.4 Å². The maximum absolute atomic E-state index is 3.56. The normalized spacial score (nSPS) is 10.6. The van der Waals surface area contributed by atoms with Crippen LogP contribution in [-0.2, 0) is 6.54 Å². The minimum atomic E-state index is 0.858. The van der Waals surface area contributed by atoms with Gasteiger partial charge < -0.3 is 10.2 Å². The summed E-state index contributed by atoms with van der Waals surface area (Å²) in [5, 5.41) is 3.25. The molecule has 2 rings (SSSR count). The van der Waals surface area contributed by atoms with E-state index in [0.29, 0.717) is 0 Å². The Morgan fingerprint density at radius 2 is 1.95 bits per heavy atom. The highest BCUT2D eigenvalue weighted by atomic mass is 79.9. The number of hydrogen-bond acceptors (Lipinski definition) is 2. The largest absolute Gasteiger partial charge is 0.341 e. The van der Waals surface area contributed by atoms with E-state index >= 15 is 0 Å².